The topological polar surface area (TPSA) is 55.6 Å². The van der Waals surface area contributed by atoms with E-state index in [9.17, 15) is 0 Å². The van der Waals surface area contributed by atoms with E-state index in [-0.39, 0.29) is 24.8 Å². The van der Waals surface area contributed by atoms with Crippen LogP contribution in [0.1, 0.15) is 29.7 Å². The van der Waals surface area contributed by atoms with Gasteiger partial charge in [0.1, 0.15) is 12.1 Å². The SMILES string of the molecule is Cl.Cl.c1ccc(CNc2nc(-n3ccnc3)nc3c2CCCC3)cc1. The van der Waals surface area contributed by atoms with Gasteiger partial charge < -0.3 is 5.32 Å². The highest BCUT2D eigenvalue weighted by molar-refractivity contribution is 5.85. The molecule has 2 heterocycles. The average Bonchev–Trinajstić information content (AvgIpc) is 3.15. The summed E-state index contributed by atoms with van der Waals surface area (Å²) in [4.78, 5) is 13.6. The van der Waals surface area contributed by atoms with Crippen molar-refractivity contribution in [2.24, 2.45) is 0 Å². The molecule has 4 rings (SSSR count). The van der Waals surface area contributed by atoms with Crippen LogP contribution in [0.4, 0.5) is 5.82 Å². The van der Waals surface area contributed by atoms with Crippen molar-refractivity contribution in [1.82, 2.24) is 19.5 Å². The second-order valence-corrected chi connectivity index (χ2v) is 5.81. The van der Waals surface area contributed by atoms with Crippen molar-refractivity contribution < 1.29 is 0 Å². The first-order valence-corrected chi connectivity index (χ1v) is 8.06. The van der Waals surface area contributed by atoms with Gasteiger partial charge in [-0.05, 0) is 31.2 Å². The van der Waals surface area contributed by atoms with Gasteiger partial charge in [-0.1, -0.05) is 30.3 Å². The molecule has 0 unspecified atom stereocenters. The van der Waals surface area contributed by atoms with Crippen LogP contribution in [0.5, 0.6) is 0 Å². The largest absolute Gasteiger partial charge is 0.366 e. The third-order valence-electron chi connectivity index (χ3n) is 4.21. The maximum absolute atomic E-state index is 4.74. The summed E-state index contributed by atoms with van der Waals surface area (Å²) in [5, 5.41) is 3.51. The Bertz CT molecular complexity index is 791. The lowest BCUT2D eigenvalue weighted by molar-refractivity contribution is 0.658. The monoisotopic (exact) mass is 377 g/mol. The van der Waals surface area contributed by atoms with Crippen molar-refractivity contribution in [3.8, 4) is 5.95 Å². The van der Waals surface area contributed by atoms with Crippen molar-refractivity contribution in [2.75, 3.05) is 5.32 Å². The second kappa shape index (κ2) is 8.83. The van der Waals surface area contributed by atoms with Crippen LogP contribution < -0.4 is 5.32 Å². The van der Waals surface area contributed by atoms with E-state index in [1.54, 1.807) is 12.5 Å². The lowest BCUT2D eigenvalue weighted by Gasteiger charge is -2.20. The summed E-state index contributed by atoms with van der Waals surface area (Å²) in [6.45, 7) is 0.771. The minimum atomic E-state index is 0. The molecule has 0 radical (unpaired) electrons. The van der Waals surface area contributed by atoms with E-state index in [1.165, 1.54) is 29.7 Å². The first-order chi connectivity index (χ1) is 11.4. The fraction of sp³-hybridized carbons (Fsp3) is 0.278. The fourth-order valence-corrected chi connectivity index (χ4v) is 3.00. The second-order valence-electron chi connectivity index (χ2n) is 5.81. The molecule has 0 saturated carbocycles. The number of benzene rings is 1. The highest BCUT2D eigenvalue weighted by atomic mass is 35.5. The summed E-state index contributed by atoms with van der Waals surface area (Å²) in [6, 6.07) is 10.4. The fourth-order valence-electron chi connectivity index (χ4n) is 3.00. The van der Waals surface area contributed by atoms with E-state index in [0.29, 0.717) is 5.95 Å². The summed E-state index contributed by atoms with van der Waals surface area (Å²) in [7, 11) is 0. The summed E-state index contributed by atoms with van der Waals surface area (Å²) in [5.74, 6) is 1.65. The number of halogens is 2. The van der Waals surface area contributed by atoms with E-state index >= 15 is 0 Å². The maximum Gasteiger partial charge on any atom is 0.237 e. The van der Waals surface area contributed by atoms with Crippen LogP contribution in [0.3, 0.4) is 0 Å². The lowest BCUT2D eigenvalue weighted by Crippen LogP contribution is -2.15. The van der Waals surface area contributed by atoms with Crippen molar-refractivity contribution in [1.29, 1.82) is 0 Å². The van der Waals surface area contributed by atoms with Crippen molar-refractivity contribution in [2.45, 2.75) is 32.2 Å². The Labute approximate surface area is 159 Å². The molecule has 0 amide bonds. The van der Waals surface area contributed by atoms with Gasteiger partial charge in [0.05, 0.1) is 5.69 Å². The number of aryl methyl sites for hydroxylation is 1. The highest BCUT2D eigenvalue weighted by Gasteiger charge is 2.18. The predicted molar refractivity (Wildman–Crippen MR) is 104 cm³/mol. The maximum atomic E-state index is 4.74. The molecule has 132 valence electrons. The van der Waals surface area contributed by atoms with E-state index in [0.717, 1.165) is 25.2 Å². The van der Waals surface area contributed by atoms with Crippen molar-refractivity contribution >= 4 is 30.6 Å². The van der Waals surface area contributed by atoms with Gasteiger partial charge in [-0.3, -0.25) is 4.57 Å². The zero-order valence-corrected chi connectivity index (χ0v) is 15.4. The van der Waals surface area contributed by atoms with Crippen molar-refractivity contribution in [3.05, 3.63) is 65.9 Å². The average molecular weight is 378 g/mol. The predicted octanol–water partition coefficient (Wildman–Crippen LogP) is 4.00. The van der Waals surface area contributed by atoms with Gasteiger partial charge in [0, 0.05) is 24.5 Å². The molecule has 0 saturated heterocycles. The molecule has 2 aromatic heterocycles. The molecule has 0 atom stereocenters. The zero-order valence-electron chi connectivity index (χ0n) is 13.8. The van der Waals surface area contributed by atoms with E-state index in [2.05, 4.69) is 34.6 Å². The van der Waals surface area contributed by atoms with E-state index in [4.69, 9.17) is 9.97 Å². The third kappa shape index (κ3) is 4.30. The number of aromatic nitrogens is 4. The van der Waals surface area contributed by atoms with Crippen LogP contribution in [-0.2, 0) is 19.4 Å². The van der Waals surface area contributed by atoms with Gasteiger partial charge in [0.25, 0.3) is 0 Å². The number of nitrogens with one attached hydrogen (secondary N) is 1. The molecule has 0 aliphatic heterocycles. The Hall–Kier alpha value is -2.11. The Balaban J connectivity index is 0.00000113. The van der Waals surface area contributed by atoms with E-state index < -0.39 is 0 Å². The molecule has 5 nitrogen and oxygen atoms in total. The third-order valence-corrected chi connectivity index (χ3v) is 4.21. The number of fused-ring (bicyclic) bond motifs is 1. The van der Waals surface area contributed by atoms with E-state index in [1.807, 2.05) is 16.8 Å². The standard InChI is InChI=1S/C18H19N5.2ClH/c1-2-6-14(7-3-1)12-20-17-15-8-4-5-9-16(15)21-18(22-17)23-11-10-19-13-23;;/h1-3,6-7,10-11,13H,4-5,8-9,12H2,(H,20,21,22);2*1H. The quantitative estimate of drug-likeness (QED) is 0.746. The Morgan fingerprint density at radius 1 is 1.00 bits per heavy atom. The van der Waals surface area contributed by atoms with Crippen LogP contribution in [-0.4, -0.2) is 19.5 Å². The molecule has 7 heteroatoms. The van der Waals surface area contributed by atoms with Crippen LogP contribution >= 0.6 is 24.8 Å². The molecule has 25 heavy (non-hydrogen) atoms. The van der Waals surface area contributed by atoms with Crippen LogP contribution in [0.15, 0.2) is 49.1 Å². The highest BCUT2D eigenvalue weighted by Crippen LogP contribution is 2.26. The Kier molecular flexibility index (Phi) is 6.79. The molecule has 1 N–H and O–H groups in total. The molecular weight excluding hydrogens is 357 g/mol. The lowest BCUT2D eigenvalue weighted by atomic mass is 9.96. The molecule has 1 aliphatic carbocycles. The van der Waals surface area contributed by atoms with Gasteiger partial charge in [-0.2, -0.15) is 4.98 Å². The number of hydrogen-bond donors (Lipinski definition) is 1. The van der Waals surface area contributed by atoms with Crippen LogP contribution in [0.25, 0.3) is 5.95 Å². The normalized spacial score (nSPS) is 12.5. The Morgan fingerprint density at radius 3 is 2.56 bits per heavy atom. The molecule has 1 aliphatic rings. The molecule has 0 bridgehead atoms. The van der Waals surface area contributed by atoms with Gasteiger partial charge in [0.2, 0.25) is 5.95 Å². The number of nitrogens with zero attached hydrogens (tertiary/aromatic N) is 4. The first-order valence-electron chi connectivity index (χ1n) is 8.06. The smallest absolute Gasteiger partial charge is 0.237 e. The number of anilines is 1. The number of hydrogen-bond acceptors (Lipinski definition) is 4. The minimum absolute atomic E-state index is 0. The van der Waals surface area contributed by atoms with Gasteiger partial charge in [-0.25, -0.2) is 9.97 Å². The molecule has 0 spiro atoms. The molecule has 1 aromatic carbocycles. The molecule has 0 fully saturated rings. The van der Waals surface area contributed by atoms with Gasteiger partial charge in [0.15, 0.2) is 0 Å². The molecular formula is C18H21Cl2N5. The number of rotatable bonds is 4. The minimum Gasteiger partial charge on any atom is -0.366 e. The zero-order chi connectivity index (χ0) is 15.5. The van der Waals surface area contributed by atoms with Crippen LogP contribution in [0, 0.1) is 0 Å². The number of imidazole rings is 1. The molecule has 3 aromatic rings. The summed E-state index contributed by atoms with van der Waals surface area (Å²) in [5.41, 5.74) is 3.70. The van der Waals surface area contributed by atoms with Gasteiger partial charge >= 0.3 is 0 Å². The summed E-state index contributed by atoms with van der Waals surface area (Å²) in [6.07, 6.45) is 9.86. The first kappa shape index (κ1) is 19.2. The van der Waals surface area contributed by atoms with Crippen LogP contribution in [0.2, 0.25) is 0 Å². The Morgan fingerprint density at radius 2 is 1.80 bits per heavy atom. The van der Waals surface area contributed by atoms with Crippen molar-refractivity contribution in [3.63, 3.8) is 0 Å². The van der Waals surface area contributed by atoms with Gasteiger partial charge in [-0.15, -0.1) is 24.8 Å². The summed E-state index contributed by atoms with van der Waals surface area (Å²) < 4.78 is 1.86. The summed E-state index contributed by atoms with van der Waals surface area (Å²) >= 11 is 0.